The average molecular weight is 218 g/mol. The van der Waals surface area contributed by atoms with Gasteiger partial charge in [0.1, 0.15) is 0 Å². The molecular weight excluding hydrogens is 206 g/mol. The summed E-state index contributed by atoms with van der Waals surface area (Å²) >= 11 is 1.48. The Balaban J connectivity index is 2.04. The van der Waals surface area contributed by atoms with Crippen LogP contribution >= 0.6 is 11.3 Å². The van der Waals surface area contributed by atoms with Crippen LogP contribution in [0.25, 0.3) is 0 Å². The molecule has 2 unspecified atom stereocenters. The van der Waals surface area contributed by atoms with E-state index in [9.17, 15) is 13.9 Å². The summed E-state index contributed by atoms with van der Waals surface area (Å²) < 4.78 is 25.8. The number of halogens is 2. The summed E-state index contributed by atoms with van der Waals surface area (Å²) in [6.45, 7) is 0. The van der Waals surface area contributed by atoms with Gasteiger partial charge in [0.25, 0.3) is 0 Å². The summed E-state index contributed by atoms with van der Waals surface area (Å²) in [4.78, 5) is 0. The molecule has 1 fully saturated rings. The van der Waals surface area contributed by atoms with Crippen LogP contribution in [0.15, 0.2) is 16.8 Å². The molecule has 0 aromatic carbocycles. The molecule has 2 atom stereocenters. The van der Waals surface area contributed by atoms with Gasteiger partial charge in [-0.2, -0.15) is 11.3 Å². The van der Waals surface area contributed by atoms with Crippen molar-refractivity contribution >= 4 is 11.3 Å². The first kappa shape index (κ1) is 10.1. The summed E-state index contributed by atoms with van der Waals surface area (Å²) in [6.07, 6.45) is -0.554. The molecule has 14 heavy (non-hydrogen) atoms. The molecule has 2 rings (SSSR count). The Morgan fingerprint density at radius 3 is 2.86 bits per heavy atom. The van der Waals surface area contributed by atoms with E-state index in [1.807, 2.05) is 10.8 Å². The third-order valence-electron chi connectivity index (χ3n) is 2.77. The molecule has 0 radical (unpaired) electrons. The smallest absolute Gasteiger partial charge is 0.248 e. The Hall–Kier alpha value is -0.480. The maximum absolute atomic E-state index is 12.9. The highest BCUT2D eigenvalue weighted by atomic mass is 32.1. The van der Waals surface area contributed by atoms with Gasteiger partial charge in [0, 0.05) is 12.8 Å². The Bertz CT molecular complexity index is 297. The zero-order chi connectivity index (χ0) is 10.2. The molecule has 1 heterocycles. The lowest BCUT2D eigenvalue weighted by Gasteiger charge is -2.16. The van der Waals surface area contributed by atoms with Crippen molar-refractivity contribution in [2.45, 2.75) is 31.3 Å². The van der Waals surface area contributed by atoms with Crippen LogP contribution in [0, 0.1) is 5.92 Å². The summed E-state index contributed by atoms with van der Waals surface area (Å²) in [7, 11) is 0. The van der Waals surface area contributed by atoms with Gasteiger partial charge in [-0.3, -0.25) is 0 Å². The molecule has 1 aliphatic carbocycles. The monoisotopic (exact) mass is 218 g/mol. The molecule has 78 valence electrons. The summed E-state index contributed by atoms with van der Waals surface area (Å²) in [6, 6.07) is 1.80. The number of hydrogen-bond acceptors (Lipinski definition) is 2. The van der Waals surface area contributed by atoms with Gasteiger partial charge < -0.3 is 5.11 Å². The van der Waals surface area contributed by atoms with E-state index in [0.29, 0.717) is 6.42 Å². The molecule has 1 aliphatic rings. The molecule has 1 aromatic rings. The highest BCUT2D eigenvalue weighted by Gasteiger charge is 2.42. The summed E-state index contributed by atoms with van der Waals surface area (Å²) in [5, 5.41) is 13.5. The fourth-order valence-corrected chi connectivity index (χ4v) is 2.66. The Kier molecular flexibility index (Phi) is 2.58. The van der Waals surface area contributed by atoms with Crippen LogP contribution < -0.4 is 0 Å². The maximum Gasteiger partial charge on any atom is 0.248 e. The van der Waals surface area contributed by atoms with E-state index in [0.717, 1.165) is 5.56 Å². The highest BCUT2D eigenvalue weighted by molar-refractivity contribution is 7.07. The van der Waals surface area contributed by atoms with Crippen molar-refractivity contribution < 1.29 is 13.9 Å². The molecule has 1 saturated carbocycles. The lowest BCUT2D eigenvalue weighted by atomic mass is 9.96. The first-order valence-corrected chi connectivity index (χ1v) is 5.61. The van der Waals surface area contributed by atoms with Crippen molar-refractivity contribution in [1.82, 2.24) is 0 Å². The van der Waals surface area contributed by atoms with Gasteiger partial charge in [-0.15, -0.1) is 0 Å². The Morgan fingerprint density at radius 1 is 1.57 bits per heavy atom. The van der Waals surface area contributed by atoms with E-state index in [2.05, 4.69) is 0 Å². The van der Waals surface area contributed by atoms with Crippen molar-refractivity contribution in [2.24, 2.45) is 5.92 Å². The number of thiophene rings is 1. The molecule has 1 nitrogen and oxygen atoms in total. The van der Waals surface area contributed by atoms with E-state index in [4.69, 9.17) is 0 Å². The molecule has 0 amide bonds. The predicted molar refractivity (Wildman–Crippen MR) is 51.6 cm³/mol. The lowest BCUT2D eigenvalue weighted by molar-refractivity contribution is -0.00506. The van der Waals surface area contributed by atoms with Gasteiger partial charge in [0.15, 0.2) is 0 Å². The fourth-order valence-electron chi connectivity index (χ4n) is 1.97. The first-order chi connectivity index (χ1) is 6.58. The number of aliphatic hydroxyl groups is 1. The van der Waals surface area contributed by atoms with Gasteiger partial charge in [-0.05, 0) is 34.7 Å². The minimum atomic E-state index is -2.57. The fraction of sp³-hybridized carbons (Fsp3) is 0.600. The van der Waals surface area contributed by atoms with Crippen molar-refractivity contribution in [2.75, 3.05) is 0 Å². The SMILES string of the molecule is OC(c1ccsc1)C1CCC(F)(F)C1. The number of rotatable bonds is 2. The molecule has 4 heteroatoms. The van der Waals surface area contributed by atoms with Crippen molar-refractivity contribution in [3.8, 4) is 0 Å². The number of hydrogen-bond donors (Lipinski definition) is 1. The van der Waals surface area contributed by atoms with Crippen LogP contribution in [-0.4, -0.2) is 11.0 Å². The van der Waals surface area contributed by atoms with Crippen LogP contribution in [-0.2, 0) is 0 Å². The molecule has 0 spiro atoms. The van der Waals surface area contributed by atoms with Crippen molar-refractivity contribution in [1.29, 1.82) is 0 Å². The normalized spacial score (nSPS) is 27.8. The van der Waals surface area contributed by atoms with Crippen LogP contribution in [0.1, 0.15) is 30.9 Å². The summed E-state index contributed by atoms with van der Waals surface area (Å²) in [5.74, 6) is -2.85. The molecule has 1 N–H and O–H groups in total. The van der Waals surface area contributed by atoms with Crippen LogP contribution in [0.5, 0.6) is 0 Å². The molecule has 0 aliphatic heterocycles. The Labute approximate surface area is 85.4 Å². The van der Waals surface area contributed by atoms with Crippen LogP contribution in [0.3, 0.4) is 0 Å². The van der Waals surface area contributed by atoms with E-state index in [1.165, 1.54) is 11.3 Å². The minimum absolute atomic E-state index is 0.0845. The predicted octanol–water partition coefficient (Wildman–Crippen LogP) is 3.22. The number of alkyl halides is 2. The van der Waals surface area contributed by atoms with E-state index >= 15 is 0 Å². The molecule has 0 saturated heterocycles. The van der Waals surface area contributed by atoms with E-state index in [1.54, 1.807) is 6.07 Å². The summed E-state index contributed by atoms with van der Waals surface area (Å²) in [5.41, 5.74) is 0.776. The second-order valence-corrected chi connectivity index (χ2v) is 4.64. The molecule has 1 aromatic heterocycles. The minimum Gasteiger partial charge on any atom is -0.388 e. The molecular formula is C10H12F2OS. The van der Waals surface area contributed by atoms with Crippen molar-refractivity contribution in [3.05, 3.63) is 22.4 Å². The van der Waals surface area contributed by atoms with Gasteiger partial charge >= 0.3 is 0 Å². The van der Waals surface area contributed by atoms with Crippen LogP contribution in [0.2, 0.25) is 0 Å². The second-order valence-electron chi connectivity index (χ2n) is 3.86. The zero-order valence-electron chi connectivity index (χ0n) is 7.62. The van der Waals surface area contributed by atoms with Crippen LogP contribution in [0.4, 0.5) is 8.78 Å². The highest BCUT2D eigenvalue weighted by Crippen LogP contribution is 2.44. The maximum atomic E-state index is 12.9. The van der Waals surface area contributed by atoms with Gasteiger partial charge in [0.2, 0.25) is 5.92 Å². The van der Waals surface area contributed by atoms with Gasteiger partial charge in [-0.25, -0.2) is 8.78 Å². The average Bonchev–Trinajstić information content (AvgIpc) is 2.72. The first-order valence-electron chi connectivity index (χ1n) is 4.66. The largest absolute Gasteiger partial charge is 0.388 e. The molecule has 0 bridgehead atoms. The number of aliphatic hydroxyl groups excluding tert-OH is 1. The van der Waals surface area contributed by atoms with Crippen molar-refractivity contribution in [3.63, 3.8) is 0 Å². The third-order valence-corrected chi connectivity index (χ3v) is 3.47. The third kappa shape index (κ3) is 1.96. The lowest BCUT2D eigenvalue weighted by Crippen LogP contribution is -2.13. The topological polar surface area (TPSA) is 20.2 Å². The second kappa shape index (κ2) is 3.59. The van der Waals surface area contributed by atoms with Gasteiger partial charge in [0.05, 0.1) is 6.10 Å². The zero-order valence-corrected chi connectivity index (χ0v) is 8.44. The van der Waals surface area contributed by atoms with Gasteiger partial charge in [-0.1, -0.05) is 0 Å². The van der Waals surface area contributed by atoms with E-state index < -0.39 is 12.0 Å². The Morgan fingerprint density at radius 2 is 2.36 bits per heavy atom. The van der Waals surface area contributed by atoms with E-state index in [-0.39, 0.29) is 18.8 Å². The standard InChI is InChI=1S/C10H12F2OS/c11-10(12)3-1-7(5-10)9(13)8-2-4-14-6-8/h2,4,6-7,9,13H,1,3,5H2. The quantitative estimate of drug-likeness (QED) is 0.808.